The summed E-state index contributed by atoms with van der Waals surface area (Å²) in [5.41, 5.74) is 2.52. The number of carbonyl (C=O) groups excluding carboxylic acids is 2. The van der Waals surface area contributed by atoms with Crippen molar-refractivity contribution in [1.82, 2.24) is 5.32 Å². The van der Waals surface area contributed by atoms with Gasteiger partial charge in [0, 0.05) is 29.9 Å². The normalized spacial score (nSPS) is 10.2. The van der Waals surface area contributed by atoms with Crippen molar-refractivity contribution in [3.8, 4) is 0 Å². The average molecular weight is 341 g/mol. The van der Waals surface area contributed by atoms with Crippen LogP contribution in [0.1, 0.15) is 28.4 Å². The first-order chi connectivity index (χ1) is 11.9. The number of aryl methyl sites for hydroxylation is 1. The summed E-state index contributed by atoms with van der Waals surface area (Å²) in [5.74, 6) is -0.460. The number of nitrogens with zero attached hydrogens (tertiary/aromatic N) is 1. The number of rotatable bonds is 6. The molecule has 0 fully saturated rings. The molecule has 0 spiro atoms. The van der Waals surface area contributed by atoms with Gasteiger partial charge >= 0.3 is 0 Å². The molecule has 0 unspecified atom stereocenters. The van der Waals surface area contributed by atoms with Crippen molar-refractivity contribution in [1.29, 1.82) is 0 Å². The zero-order valence-electron chi connectivity index (χ0n) is 14.0. The third kappa shape index (κ3) is 4.87. The Labute approximate surface area is 145 Å². The second-order valence-corrected chi connectivity index (χ2v) is 5.54. The molecule has 0 aliphatic rings. The van der Waals surface area contributed by atoms with E-state index in [0.717, 1.165) is 5.56 Å². The van der Waals surface area contributed by atoms with Crippen LogP contribution in [0.2, 0.25) is 0 Å². The van der Waals surface area contributed by atoms with Crippen molar-refractivity contribution in [3.05, 3.63) is 69.3 Å². The molecule has 2 amide bonds. The van der Waals surface area contributed by atoms with E-state index in [1.54, 1.807) is 30.3 Å². The van der Waals surface area contributed by atoms with Gasteiger partial charge in [0.15, 0.2) is 0 Å². The fourth-order valence-electron chi connectivity index (χ4n) is 2.28. The van der Waals surface area contributed by atoms with E-state index in [0.29, 0.717) is 23.4 Å². The van der Waals surface area contributed by atoms with E-state index in [2.05, 4.69) is 10.6 Å². The molecule has 0 aliphatic carbocycles. The maximum Gasteiger partial charge on any atom is 0.269 e. The molecule has 2 N–H and O–H groups in total. The van der Waals surface area contributed by atoms with E-state index in [1.165, 1.54) is 12.1 Å². The van der Waals surface area contributed by atoms with Crippen LogP contribution in [0.25, 0.3) is 0 Å². The molecule has 2 aromatic carbocycles. The van der Waals surface area contributed by atoms with Gasteiger partial charge in [0.05, 0.1) is 11.3 Å². The Bertz CT molecular complexity index is 800. The number of amides is 2. The quantitative estimate of drug-likeness (QED) is 0.623. The molecule has 25 heavy (non-hydrogen) atoms. The van der Waals surface area contributed by atoms with Crippen LogP contribution in [0.5, 0.6) is 0 Å². The smallest absolute Gasteiger partial charge is 0.269 e. The predicted molar refractivity (Wildman–Crippen MR) is 94.6 cm³/mol. The Morgan fingerprint density at radius 3 is 2.40 bits per heavy atom. The molecule has 2 rings (SSSR count). The van der Waals surface area contributed by atoms with Crippen LogP contribution in [0, 0.1) is 17.0 Å². The van der Waals surface area contributed by atoms with Crippen LogP contribution in [0.4, 0.5) is 11.4 Å². The highest BCUT2D eigenvalue weighted by molar-refractivity contribution is 5.98. The summed E-state index contributed by atoms with van der Waals surface area (Å²) >= 11 is 0. The lowest BCUT2D eigenvalue weighted by Crippen LogP contribution is -2.23. The van der Waals surface area contributed by atoms with Gasteiger partial charge in [-0.15, -0.1) is 0 Å². The molecule has 0 aromatic heterocycles. The number of nitro groups is 1. The number of benzene rings is 2. The molecule has 0 atom stereocenters. The third-order valence-corrected chi connectivity index (χ3v) is 3.62. The number of anilines is 1. The second-order valence-electron chi connectivity index (χ2n) is 5.54. The lowest BCUT2D eigenvalue weighted by Gasteiger charge is -2.11. The first kappa shape index (κ1) is 18.1. The van der Waals surface area contributed by atoms with E-state index in [4.69, 9.17) is 0 Å². The van der Waals surface area contributed by atoms with Crippen molar-refractivity contribution in [3.63, 3.8) is 0 Å². The zero-order chi connectivity index (χ0) is 18.4. The summed E-state index contributed by atoms with van der Waals surface area (Å²) in [7, 11) is 0. The Balaban J connectivity index is 2.08. The maximum absolute atomic E-state index is 12.2. The van der Waals surface area contributed by atoms with Gasteiger partial charge in [-0.05, 0) is 37.1 Å². The molecule has 0 aliphatic heterocycles. The largest absolute Gasteiger partial charge is 0.352 e. The van der Waals surface area contributed by atoms with Crippen molar-refractivity contribution in [2.45, 2.75) is 20.3 Å². The first-order valence-corrected chi connectivity index (χ1v) is 7.82. The van der Waals surface area contributed by atoms with Crippen LogP contribution in [-0.2, 0) is 11.2 Å². The number of nitrogens with one attached hydrogen (secondary N) is 2. The lowest BCUT2D eigenvalue weighted by atomic mass is 10.1. The highest BCUT2D eigenvalue weighted by Gasteiger charge is 2.11. The molecule has 2 aromatic rings. The molecule has 0 radical (unpaired) electrons. The van der Waals surface area contributed by atoms with E-state index in [9.17, 15) is 19.7 Å². The van der Waals surface area contributed by atoms with Gasteiger partial charge in [-0.1, -0.05) is 18.2 Å². The van der Waals surface area contributed by atoms with Gasteiger partial charge in [0.1, 0.15) is 0 Å². The monoisotopic (exact) mass is 341 g/mol. The number of non-ortho nitro benzene ring substituents is 1. The number of hydrogen-bond donors (Lipinski definition) is 2. The first-order valence-electron chi connectivity index (χ1n) is 7.82. The van der Waals surface area contributed by atoms with Gasteiger partial charge in [-0.3, -0.25) is 19.7 Å². The molecule has 0 bridgehead atoms. The van der Waals surface area contributed by atoms with Crippen LogP contribution in [-0.4, -0.2) is 23.3 Å². The summed E-state index contributed by atoms with van der Waals surface area (Å²) in [6, 6.07) is 10.9. The Kier molecular flexibility index (Phi) is 5.84. The Morgan fingerprint density at radius 1 is 1.12 bits per heavy atom. The highest BCUT2D eigenvalue weighted by atomic mass is 16.6. The summed E-state index contributed by atoms with van der Waals surface area (Å²) in [6.07, 6.45) is 0.0861. The fraction of sp³-hybridized carbons (Fsp3) is 0.222. The van der Waals surface area contributed by atoms with Gasteiger partial charge in [-0.25, -0.2) is 0 Å². The summed E-state index contributed by atoms with van der Waals surface area (Å²) in [4.78, 5) is 34.3. The number of hydrogen-bond acceptors (Lipinski definition) is 4. The maximum atomic E-state index is 12.2. The number of carbonyl (C=O) groups is 2. The average Bonchev–Trinajstić information content (AvgIpc) is 2.57. The van der Waals surface area contributed by atoms with Crippen LogP contribution in [0.3, 0.4) is 0 Å². The van der Waals surface area contributed by atoms with E-state index < -0.39 is 4.92 Å². The predicted octanol–water partition coefficient (Wildman–Crippen LogP) is 2.83. The molecule has 7 nitrogen and oxygen atoms in total. The van der Waals surface area contributed by atoms with Gasteiger partial charge in [0.25, 0.3) is 11.6 Å². The minimum atomic E-state index is -0.486. The van der Waals surface area contributed by atoms with Crippen molar-refractivity contribution >= 4 is 23.2 Å². The highest BCUT2D eigenvalue weighted by Crippen LogP contribution is 2.18. The summed E-state index contributed by atoms with van der Waals surface area (Å²) in [6.45, 7) is 4.19. The molecule has 130 valence electrons. The Hall–Kier alpha value is -3.22. The molecular formula is C18H19N3O4. The fourth-order valence-corrected chi connectivity index (χ4v) is 2.28. The van der Waals surface area contributed by atoms with Crippen LogP contribution >= 0.6 is 0 Å². The third-order valence-electron chi connectivity index (χ3n) is 3.62. The molecule has 0 saturated carbocycles. The van der Waals surface area contributed by atoms with Gasteiger partial charge in [0.2, 0.25) is 5.91 Å². The second kappa shape index (κ2) is 8.05. The van der Waals surface area contributed by atoms with Crippen molar-refractivity contribution in [2.75, 3.05) is 11.9 Å². The van der Waals surface area contributed by atoms with Crippen molar-refractivity contribution in [2.24, 2.45) is 0 Å². The standard InChI is InChI=1S/C18H19N3O4/c1-3-19-18(23)14-7-4-12(2)16(11-14)20-17(22)10-13-5-8-15(9-6-13)21(24)25/h4-9,11H,3,10H2,1-2H3,(H,19,23)(H,20,22). The van der Waals surface area contributed by atoms with Gasteiger partial charge < -0.3 is 10.6 Å². The Morgan fingerprint density at radius 2 is 1.80 bits per heavy atom. The zero-order valence-corrected chi connectivity index (χ0v) is 14.0. The minimum Gasteiger partial charge on any atom is -0.352 e. The van der Waals surface area contributed by atoms with E-state index in [1.807, 2.05) is 13.8 Å². The van der Waals surface area contributed by atoms with Crippen molar-refractivity contribution < 1.29 is 14.5 Å². The molecular weight excluding hydrogens is 322 g/mol. The van der Waals surface area contributed by atoms with Crippen LogP contribution in [0.15, 0.2) is 42.5 Å². The summed E-state index contributed by atoms with van der Waals surface area (Å²) < 4.78 is 0. The SMILES string of the molecule is CCNC(=O)c1ccc(C)c(NC(=O)Cc2ccc([N+](=O)[O-])cc2)c1. The number of nitro benzene ring substituents is 1. The lowest BCUT2D eigenvalue weighted by molar-refractivity contribution is -0.384. The van der Waals surface area contributed by atoms with E-state index >= 15 is 0 Å². The molecule has 0 heterocycles. The van der Waals surface area contributed by atoms with Crippen LogP contribution < -0.4 is 10.6 Å². The molecule has 7 heteroatoms. The minimum absolute atomic E-state index is 0.0189. The topological polar surface area (TPSA) is 101 Å². The van der Waals surface area contributed by atoms with E-state index in [-0.39, 0.29) is 23.9 Å². The molecule has 0 saturated heterocycles. The summed E-state index contributed by atoms with van der Waals surface area (Å²) in [5, 5.41) is 16.1. The van der Waals surface area contributed by atoms with Gasteiger partial charge in [-0.2, -0.15) is 0 Å².